The molecule has 1 aliphatic carbocycles. The normalized spacial score (nSPS) is 18.1. The van der Waals surface area contributed by atoms with E-state index >= 15 is 0 Å². The highest BCUT2D eigenvalue weighted by Crippen LogP contribution is 2.32. The molecular formula is C15H17N3. The molecule has 0 spiro atoms. The van der Waals surface area contributed by atoms with Gasteiger partial charge in [0.15, 0.2) is 0 Å². The number of nitrogen functional groups attached to an aromatic ring is 1. The standard InChI is InChI=1S/C15H17N3/c16-12-8-13(10-17-9-12)18-15-7-3-5-11-4-1-2-6-14(11)15/h1-2,4,6,8-10,15,18H,3,5,7,16H2. The van der Waals surface area contributed by atoms with Crippen molar-refractivity contribution in [1.82, 2.24) is 4.98 Å². The predicted octanol–water partition coefficient (Wildman–Crippen LogP) is 3.15. The van der Waals surface area contributed by atoms with Crippen molar-refractivity contribution in [3.05, 3.63) is 53.9 Å². The molecule has 0 aliphatic heterocycles. The van der Waals surface area contributed by atoms with Crippen LogP contribution in [0.3, 0.4) is 0 Å². The average molecular weight is 239 g/mol. The number of aryl methyl sites for hydroxylation is 1. The minimum absolute atomic E-state index is 0.374. The van der Waals surface area contributed by atoms with Gasteiger partial charge in [0.05, 0.1) is 23.6 Å². The average Bonchev–Trinajstić information content (AvgIpc) is 2.39. The van der Waals surface area contributed by atoms with Crippen LogP contribution in [-0.4, -0.2) is 4.98 Å². The lowest BCUT2D eigenvalue weighted by Crippen LogP contribution is -2.17. The Hall–Kier alpha value is -2.03. The second kappa shape index (κ2) is 4.69. The summed E-state index contributed by atoms with van der Waals surface area (Å²) in [5, 5.41) is 3.54. The molecule has 1 aromatic carbocycles. The van der Waals surface area contributed by atoms with Gasteiger partial charge in [-0.3, -0.25) is 4.98 Å². The molecule has 1 aliphatic rings. The molecule has 0 radical (unpaired) electrons. The number of aromatic nitrogens is 1. The smallest absolute Gasteiger partial charge is 0.0552 e. The largest absolute Gasteiger partial charge is 0.397 e. The molecule has 1 unspecified atom stereocenters. The van der Waals surface area contributed by atoms with E-state index in [1.807, 2.05) is 12.3 Å². The van der Waals surface area contributed by atoms with E-state index in [4.69, 9.17) is 5.73 Å². The third-order valence-electron chi connectivity index (χ3n) is 3.47. The van der Waals surface area contributed by atoms with Crippen LogP contribution >= 0.6 is 0 Å². The molecule has 92 valence electrons. The molecule has 3 nitrogen and oxygen atoms in total. The summed E-state index contributed by atoms with van der Waals surface area (Å²) >= 11 is 0. The summed E-state index contributed by atoms with van der Waals surface area (Å²) in [6.07, 6.45) is 7.06. The molecule has 1 heterocycles. The van der Waals surface area contributed by atoms with Crippen LogP contribution in [0, 0.1) is 0 Å². The van der Waals surface area contributed by atoms with Gasteiger partial charge < -0.3 is 11.1 Å². The summed E-state index contributed by atoms with van der Waals surface area (Å²) < 4.78 is 0. The van der Waals surface area contributed by atoms with E-state index in [0.29, 0.717) is 11.7 Å². The van der Waals surface area contributed by atoms with E-state index in [9.17, 15) is 0 Å². The summed E-state index contributed by atoms with van der Waals surface area (Å²) in [4.78, 5) is 4.12. The van der Waals surface area contributed by atoms with Crippen molar-refractivity contribution < 1.29 is 0 Å². The molecule has 2 aromatic rings. The second-order valence-corrected chi connectivity index (χ2v) is 4.79. The Labute approximate surface area is 107 Å². The maximum atomic E-state index is 5.76. The number of benzene rings is 1. The second-order valence-electron chi connectivity index (χ2n) is 4.79. The molecule has 0 bridgehead atoms. The fourth-order valence-electron chi connectivity index (χ4n) is 2.64. The van der Waals surface area contributed by atoms with Gasteiger partial charge in [-0.05, 0) is 36.5 Å². The number of hydrogen-bond donors (Lipinski definition) is 2. The SMILES string of the molecule is Nc1cncc(NC2CCCc3ccccc32)c1. The third-order valence-corrected chi connectivity index (χ3v) is 3.47. The monoisotopic (exact) mass is 239 g/mol. The molecule has 0 saturated heterocycles. The van der Waals surface area contributed by atoms with Crippen LogP contribution in [0.15, 0.2) is 42.7 Å². The highest BCUT2D eigenvalue weighted by molar-refractivity contribution is 5.53. The first-order valence-electron chi connectivity index (χ1n) is 6.38. The first-order valence-corrected chi connectivity index (χ1v) is 6.38. The van der Waals surface area contributed by atoms with Crippen LogP contribution in [0.1, 0.15) is 30.0 Å². The summed E-state index contributed by atoms with van der Waals surface area (Å²) in [7, 11) is 0. The number of rotatable bonds is 2. The van der Waals surface area contributed by atoms with Crippen LogP contribution in [0.5, 0.6) is 0 Å². The molecular weight excluding hydrogens is 222 g/mol. The van der Waals surface area contributed by atoms with Gasteiger partial charge >= 0.3 is 0 Å². The van der Waals surface area contributed by atoms with Gasteiger partial charge in [-0.2, -0.15) is 0 Å². The van der Waals surface area contributed by atoms with Crippen LogP contribution in [0.25, 0.3) is 0 Å². The van der Waals surface area contributed by atoms with Gasteiger partial charge in [0, 0.05) is 6.20 Å². The zero-order chi connectivity index (χ0) is 12.4. The molecule has 0 amide bonds. The van der Waals surface area contributed by atoms with Gasteiger partial charge in [-0.25, -0.2) is 0 Å². The van der Waals surface area contributed by atoms with Crippen molar-refractivity contribution in [3.8, 4) is 0 Å². The first-order chi connectivity index (χ1) is 8.83. The van der Waals surface area contributed by atoms with E-state index < -0.39 is 0 Å². The number of fused-ring (bicyclic) bond motifs is 1. The molecule has 3 heteroatoms. The Morgan fingerprint density at radius 3 is 3.00 bits per heavy atom. The summed E-state index contributed by atoms with van der Waals surface area (Å²) in [6.45, 7) is 0. The van der Waals surface area contributed by atoms with Crippen LogP contribution in [0.2, 0.25) is 0 Å². The molecule has 18 heavy (non-hydrogen) atoms. The topological polar surface area (TPSA) is 50.9 Å². The quantitative estimate of drug-likeness (QED) is 0.846. The van der Waals surface area contributed by atoms with Gasteiger partial charge in [0.25, 0.3) is 0 Å². The van der Waals surface area contributed by atoms with Crippen molar-refractivity contribution >= 4 is 11.4 Å². The van der Waals surface area contributed by atoms with Gasteiger partial charge in [-0.15, -0.1) is 0 Å². The molecule has 0 fully saturated rings. The molecule has 1 atom stereocenters. The molecule has 3 N–H and O–H groups in total. The van der Waals surface area contributed by atoms with E-state index in [2.05, 4.69) is 34.6 Å². The zero-order valence-corrected chi connectivity index (χ0v) is 10.3. The summed E-state index contributed by atoms with van der Waals surface area (Å²) in [5.74, 6) is 0. The third kappa shape index (κ3) is 2.16. The summed E-state index contributed by atoms with van der Waals surface area (Å²) in [6, 6.07) is 11.0. The molecule has 1 aromatic heterocycles. The predicted molar refractivity (Wildman–Crippen MR) is 74.4 cm³/mol. The van der Waals surface area contributed by atoms with Crippen molar-refractivity contribution in [2.24, 2.45) is 0 Å². The number of anilines is 2. The van der Waals surface area contributed by atoms with Crippen LogP contribution in [0.4, 0.5) is 11.4 Å². The lowest BCUT2D eigenvalue weighted by molar-refractivity contribution is 0.600. The Bertz CT molecular complexity index is 551. The van der Waals surface area contributed by atoms with Crippen molar-refractivity contribution in [1.29, 1.82) is 0 Å². The Morgan fingerprint density at radius 2 is 2.11 bits per heavy atom. The lowest BCUT2D eigenvalue weighted by Gasteiger charge is -2.27. The maximum Gasteiger partial charge on any atom is 0.0552 e. The maximum absolute atomic E-state index is 5.76. The highest BCUT2D eigenvalue weighted by Gasteiger charge is 2.19. The highest BCUT2D eigenvalue weighted by atomic mass is 14.9. The Morgan fingerprint density at radius 1 is 1.22 bits per heavy atom. The Kier molecular flexibility index (Phi) is 2.89. The van der Waals surface area contributed by atoms with E-state index in [1.165, 1.54) is 24.0 Å². The molecule has 3 rings (SSSR count). The van der Waals surface area contributed by atoms with Crippen LogP contribution < -0.4 is 11.1 Å². The van der Waals surface area contributed by atoms with Crippen molar-refractivity contribution in [2.45, 2.75) is 25.3 Å². The first kappa shape index (κ1) is 11.1. The number of hydrogen-bond acceptors (Lipinski definition) is 3. The van der Waals surface area contributed by atoms with E-state index in [1.54, 1.807) is 6.20 Å². The number of nitrogens with zero attached hydrogens (tertiary/aromatic N) is 1. The summed E-state index contributed by atoms with van der Waals surface area (Å²) in [5.41, 5.74) is 10.3. The van der Waals surface area contributed by atoms with E-state index in [0.717, 1.165) is 12.1 Å². The molecule has 0 saturated carbocycles. The minimum Gasteiger partial charge on any atom is -0.397 e. The number of nitrogens with one attached hydrogen (secondary N) is 1. The van der Waals surface area contributed by atoms with Crippen molar-refractivity contribution in [3.63, 3.8) is 0 Å². The van der Waals surface area contributed by atoms with Gasteiger partial charge in [0.1, 0.15) is 0 Å². The zero-order valence-electron chi connectivity index (χ0n) is 10.3. The van der Waals surface area contributed by atoms with Crippen LogP contribution in [-0.2, 0) is 6.42 Å². The van der Waals surface area contributed by atoms with Crippen molar-refractivity contribution in [2.75, 3.05) is 11.1 Å². The minimum atomic E-state index is 0.374. The van der Waals surface area contributed by atoms with E-state index in [-0.39, 0.29) is 0 Å². The van der Waals surface area contributed by atoms with Gasteiger partial charge in [0.2, 0.25) is 0 Å². The van der Waals surface area contributed by atoms with Gasteiger partial charge in [-0.1, -0.05) is 24.3 Å². The number of pyridine rings is 1. The fourth-order valence-corrected chi connectivity index (χ4v) is 2.64. The lowest BCUT2D eigenvalue weighted by atomic mass is 9.87. The Balaban J connectivity index is 1.86. The fraction of sp³-hybridized carbons (Fsp3) is 0.267. The number of nitrogens with two attached hydrogens (primary N) is 1.